The van der Waals surface area contributed by atoms with E-state index in [1.165, 1.54) is 26.4 Å². The second-order valence-electron chi connectivity index (χ2n) is 9.42. The monoisotopic (exact) mass is 520 g/mol. The molecule has 1 aromatic rings. The number of carbonyl (C=O) groups excluding carboxylic acids is 2. The lowest BCUT2D eigenvalue weighted by Gasteiger charge is -2.58. The zero-order chi connectivity index (χ0) is 25.8. The van der Waals surface area contributed by atoms with Crippen LogP contribution in [0, 0.1) is 23.7 Å². The molecule has 1 aromatic carbocycles. The molecule has 2 bridgehead atoms. The molecular formula is C26H32O7S2. The Balaban J connectivity index is 2.01. The van der Waals surface area contributed by atoms with E-state index >= 15 is 0 Å². The van der Waals surface area contributed by atoms with E-state index in [2.05, 4.69) is 0 Å². The van der Waals surface area contributed by atoms with E-state index in [0.717, 1.165) is 22.9 Å². The van der Waals surface area contributed by atoms with Gasteiger partial charge in [0.05, 0.1) is 5.41 Å². The first-order valence-electron chi connectivity index (χ1n) is 11.8. The maximum absolute atomic E-state index is 14.2. The minimum absolute atomic E-state index is 0.00877. The fourth-order valence-corrected chi connectivity index (χ4v) is 7.99. The Morgan fingerprint density at radius 2 is 1.77 bits per heavy atom. The molecule has 7 nitrogen and oxygen atoms in total. The van der Waals surface area contributed by atoms with E-state index in [1.54, 1.807) is 25.1 Å². The van der Waals surface area contributed by atoms with E-state index in [9.17, 15) is 18.0 Å². The smallest absolute Gasteiger partial charge is 0.338 e. The van der Waals surface area contributed by atoms with Crippen molar-refractivity contribution in [1.82, 2.24) is 0 Å². The van der Waals surface area contributed by atoms with Gasteiger partial charge in [-0.3, -0.25) is 9.59 Å². The number of fused-ring (bicyclic) bond motifs is 1. The van der Waals surface area contributed by atoms with Crippen LogP contribution >= 0.6 is 11.8 Å². The average Bonchev–Trinajstić information content (AvgIpc) is 3.18. The minimum atomic E-state index is -4.27. The van der Waals surface area contributed by atoms with E-state index in [0.29, 0.717) is 30.6 Å². The highest BCUT2D eigenvalue weighted by Gasteiger charge is 2.76. The summed E-state index contributed by atoms with van der Waals surface area (Å²) in [6, 6.07) is 6.32. The van der Waals surface area contributed by atoms with Crippen molar-refractivity contribution in [2.75, 3.05) is 20.0 Å². The van der Waals surface area contributed by atoms with Crippen molar-refractivity contribution in [2.24, 2.45) is 16.7 Å². The topological polar surface area (TPSA) is 96.0 Å². The van der Waals surface area contributed by atoms with Crippen LogP contribution in [-0.4, -0.2) is 45.1 Å². The Labute approximate surface area is 211 Å². The van der Waals surface area contributed by atoms with Crippen LogP contribution in [0.2, 0.25) is 0 Å². The molecule has 0 radical (unpaired) electrons. The summed E-state index contributed by atoms with van der Waals surface area (Å²) in [5, 5.41) is -0.223. The van der Waals surface area contributed by atoms with Crippen LogP contribution in [0.5, 0.6) is 0 Å². The van der Waals surface area contributed by atoms with Gasteiger partial charge in [-0.25, -0.2) is 0 Å². The van der Waals surface area contributed by atoms with E-state index in [-0.39, 0.29) is 27.5 Å². The summed E-state index contributed by atoms with van der Waals surface area (Å²) in [7, 11) is -1.57. The number of allylic oxidation sites excluding steroid dienone is 2. The standard InChI is InChI=1S/C26H32O7S2/c1-7-17-11-14-19-21(22(27)34-8-2)24(4)20(15-25(17,19)23(28)26(24,31-5)32-6)33-35(29,30)18-12-9-16(3)10-13-18/h9-10,12-13,15,17H,7-8,11,14H2,1-6H3/t17-,24?,25?/m1/s1. The number of hydrogen-bond donors (Lipinski definition) is 0. The second-order valence-corrected chi connectivity index (χ2v) is 12.2. The van der Waals surface area contributed by atoms with Gasteiger partial charge in [0.25, 0.3) is 0 Å². The molecule has 3 atom stereocenters. The number of rotatable bonds is 8. The largest absolute Gasteiger partial charge is 0.383 e. The number of ether oxygens (including phenoxy) is 2. The molecule has 2 unspecified atom stereocenters. The summed E-state index contributed by atoms with van der Waals surface area (Å²) in [6.45, 7) is 7.33. The van der Waals surface area contributed by atoms with Crippen molar-refractivity contribution < 1.29 is 31.7 Å². The SMILES string of the molecule is CCSC(=O)C1=C2CC[C@@H](CC)C23C=C(OS(=O)(=O)c2ccc(C)cc2)C1(C)C(OC)(OC)C3=O. The third kappa shape index (κ3) is 3.35. The summed E-state index contributed by atoms with van der Waals surface area (Å²) >= 11 is 1.12. The summed E-state index contributed by atoms with van der Waals surface area (Å²) in [4.78, 5) is 27.8. The van der Waals surface area contributed by atoms with Crippen LogP contribution in [0.25, 0.3) is 0 Å². The van der Waals surface area contributed by atoms with Gasteiger partial charge in [-0.2, -0.15) is 8.42 Å². The van der Waals surface area contributed by atoms with Gasteiger partial charge in [0, 0.05) is 19.8 Å². The van der Waals surface area contributed by atoms with Gasteiger partial charge in [0.15, 0.2) is 0 Å². The highest BCUT2D eigenvalue weighted by molar-refractivity contribution is 8.14. The first-order chi connectivity index (χ1) is 16.5. The Morgan fingerprint density at radius 1 is 1.14 bits per heavy atom. The van der Waals surface area contributed by atoms with Crippen LogP contribution in [0.1, 0.15) is 45.6 Å². The molecule has 0 heterocycles. The molecule has 0 aromatic heterocycles. The summed E-state index contributed by atoms with van der Waals surface area (Å²) < 4.78 is 44.3. The third-order valence-corrected chi connectivity index (χ3v) is 9.93. The van der Waals surface area contributed by atoms with Crippen LogP contribution in [0.4, 0.5) is 0 Å². The minimum Gasteiger partial charge on any atom is -0.383 e. The Bertz CT molecular complexity index is 1220. The fourth-order valence-electron chi connectivity index (χ4n) is 6.24. The molecule has 9 heteroatoms. The predicted molar refractivity (Wildman–Crippen MR) is 133 cm³/mol. The van der Waals surface area contributed by atoms with Gasteiger partial charge in [-0.15, -0.1) is 0 Å². The van der Waals surface area contributed by atoms with Crippen LogP contribution in [-0.2, 0) is 33.4 Å². The Kier molecular flexibility index (Phi) is 6.62. The zero-order valence-electron chi connectivity index (χ0n) is 21.0. The first kappa shape index (κ1) is 26.1. The van der Waals surface area contributed by atoms with E-state index < -0.39 is 26.7 Å². The lowest BCUT2D eigenvalue weighted by atomic mass is 9.50. The summed E-state index contributed by atoms with van der Waals surface area (Å²) in [5.74, 6) is -1.85. The number of Topliss-reactive ketones (excluding diaryl/α,β-unsaturated/α-hetero) is 1. The number of benzene rings is 1. The third-order valence-electron chi connectivity index (χ3n) is 7.93. The number of methoxy groups -OCH3 is 2. The lowest BCUT2D eigenvalue weighted by Crippen LogP contribution is -2.69. The zero-order valence-corrected chi connectivity index (χ0v) is 22.6. The van der Waals surface area contributed by atoms with Crippen molar-refractivity contribution in [3.05, 3.63) is 52.8 Å². The lowest BCUT2D eigenvalue weighted by molar-refractivity contribution is -0.257. The van der Waals surface area contributed by atoms with Crippen LogP contribution in [0.15, 0.2) is 52.1 Å². The normalized spacial score (nSPS) is 29.3. The fraction of sp³-hybridized carbons (Fsp3) is 0.538. The molecule has 35 heavy (non-hydrogen) atoms. The van der Waals surface area contributed by atoms with E-state index in [4.69, 9.17) is 13.7 Å². The van der Waals surface area contributed by atoms with Gasteiger partial charge in [-0.05, 0) is 62.1 Å². The number of aryl methyl sites for hydroxylation is 1. The van der Waals surface area contributed by atoms with Gasteiger partial charge >= 0.3 is 10.1 Å². The van der Waals surface area contributed by atoms with Crippen LogP contribution in [0.3, 0.4) is 0 Å². The van der Waals surface area contributed by atoms with Gasteiger partial charge in [0.2, 0.25) is 16.7 Å². The summed E-state index contributed by atoms with van der Waals surface area (Å²) in [5.41, 5.74) is -0.809. The van der Waals surface area contributed by atoms with Crippen molar-refractivity contribution in [1.29, 1.82) is 0 Å². The van der Waals surface area contributed by atoms with Crippen molar-refractivity contribution in [3.8, 4) is 0 Å². The van der Waals surface area contributed by atoms with Gasteiger partial charge < -0.3 is 13.7 Å². The molecule has 5 rings (SSSR count). The summed E-state index contributed by atoms with van der Waals surface area (Å²) in [6.07, 6.45) is 3.57. The molecular weight excluding hydrogens is 488 g/mol. The number of ketones is 1. The molecule has 1 saturated carbocycles. The molecule has 0 saturated heterocycles. The van der Waals surface area contributed by atoms with Crippen molar-refractivity contribution >= 4 is 32.8 Å². The maximum atomic E-state index is 14.2. The molecule has 0 aliphatic heterocycles. The van der Waals surface area contributed by atoms with Gasteiger partial charge in [-0.1, -0.05) is 49.7 Å². The average molecular weight is 521 g/mol. The molecule has 1 spiro atoms. The Hall–Kier alpha value is -1.94. The van der Waals surface area contributed by atoms with E-state index in [1.807, 2.05) is 20.8 Å². The second kappa shape index (κ2) is 8.87. The first-order valence-corrected chi connectivity index (χ1v) is 14.2. The predicted octanol–water partition coefficient (Wildman–Crippen LogP) is 4.56. The number of thioether (sulfide) groups is 1. The molecule has 190 valence electrons. The Morgan fingerprint density at radius 3 is 2.31 bits per heavy atom. The molecule has 0 N–H and O–H groups in total. The molecule has 4 aliphatic rings. The number of carbonyl (C=O) groups is 2. The molecule has 1 fully saturated rings. The number of hydrogen-bond acceptors (Lipinski definition) is 8. The van der Waals surface area contributed by atoms with Crippen LogP contribution < -0.4 is 0 Å². The maximum Gasteiger partial charge on any atom is 0.338 e. The van der Waals surface area contributed by atoms with Crippen molar-refractivity contribution in [3.63, 3.8) is 0 Å². The van der Waals surface area contributed by atoms with Crippen molar-refractivity contribution in [2.45, 2.75) is 57.6 Å². The highest BCUT2D eigenvalue weighted by Crippen LogP contribution is 2.69. The quantitative estimate of drug-likeness (QED) is 0.364. The molecule has 4 aliphatic carbocycles. The molecule has 0 amide bonds. The highest BCUT2D eigenvalue weighted by atomic mass is 32.2. The van der Waals surface area contributed by atoms with Gasteiger partial charge in [0.1, 0.15) is 16.1 Å².